The number of rotatable bonds is 4. The Morgan fingerprint density at radius 2 is 2.16 bits per heavy atom. The van der Waals surface area contributed by atoms with E-state index in [0.29, 0.717) is 18.2 Å². The molecule has 1 saturated heterocycles. The van der Waals surface area contributed by atoms with Gasteiger partial charge in [0.25, 0.3) is 0 Å². The molecule has 4 nitrogen and oxygen atoms in total. The molecule has 1 N–H and O–H groups in total. The van der Waals surface area contributed by atoms with Crippen LogP contribution in [-0.2, 0) is 4.74 Å². The molecule has 3 atom stereocenters. The fourth-order valence-corrected chi connectivity index (χ4v) is 3.72. The zero-order valence-corrected chi connectivity index (χ0v) is 11.9. The number of ether oxygens (including phenoxy) is 1. The summed E-state index contributed by atoms with van der Waals surface area (Å²) in [6, 6.07) is 3.78. The first-order chi connectivity index (χ1) is 9.24. The SMILES string of the molecule is COC1CCN(C2CCCC(C#N)(NC3CC3)C2)C1. The Hall–Kier alpha value is -0.630. The molecule has 4 heteroatoms. The number of nitrogens with zero attached hydrogens (tertiary/aromatic N) is 2. The van der Waals surface area contributed by atoms with Gasteiger partial charge >= 0.3 is 0 Å². The normalized spacial score (nSPS) is 40.2. The minimum absolute atomic E-state index is 0.255. The molecule has 0 aromatic rings. The van der Waals surface area contributed by atoms with Crippen LogP contribution in [0, 0.1) is 11.3 Å². The highest BCUT2D eigenvalue weighted by atomic mass is 16.5. The van der Waals surface area contributed by atoms with Crippen LogP contribution in [0.4, 0.5) is 0 Å². The predicted molar refractivity (Wildman–Crippen MR) is 73.7 cm³/mol. The van der Waals surface area contributed by atoms with E-state index < -0.39 is 0 Å². The summed E-state index contributed by atoms with van der Waals surface area (Å²) in [7, 11) is 1.81. The molecule has 106 valence electrons. The van der Waals surface area contributed by atoms with Crippen LogP contribution in [-0.4, -0.2) is 48.8 Å². The molecule has 3 unspecified atom stereocenters. The fraction of sp³-hybridized carbons (Fsp3) is 0.933. The topological polar surface area (TPSA) is 48.3 Å². The Labute approximate surface area is 116 Å². The molecular formula is C15H25N3O. The van der Waals surface area contributed by atoms with Crippen molar-refractivity contribution in [1.82, 2.24) is 10.2 Å². The first-order valence-electron chi connectivity index (χ1n) is 7.70. The van der Waals surface area contributed by atoms with Gasteiger partial charge in [-0.15, -0.1) is 0 Å². The Bertz CT molecular complexity index is 363. The van der Waals surface area contributed by atoms with Crippen molar-refractivity contribution in [1.29, 1.82) is 5.26 Å². The molecule has 19 heavy (non-hydrogen) atoms. The highest BCUT2D eigenvalue weighted by molar-refractivity contribution is 5.13. The minimum atomic E-state index is -0.255. The zero-order valence-electron chi connectivity index (χ0n) is 11.9. The largest absolute Gasteiger partial charge is 0.380 e. The molecule has 1 aliphatic heterocycles. The van der Waals surface area contributed by atoms with Crippen LogP contribution in [0.15, 0.2) is 0 Å². The molecule has 0 spiro atoms. The highest BCUT2D eigenvalue weighted by Crippen LogP contribution is 2.35. The summed E-state index contributed by atoms with van der Waals surface area (Å²) in [4.78, 5) is 2.55. The Balaban J connectivity index is 1.62. The lowest BCUT2D eigenvalue weighted by molar-refractivity contribution is 0.0869. The fourth-order valence-electron chi connectivity index (χ4n) is 3.72. The van der Waals surface area contributed by atoms with Crippen LogP contribution in [0.1, 0.15) is 44.9 Å². The molecule has 2 aliphatic carbocycles. The summed E-state index contributed by atoms with van der Waals surface area (Å²) in [6.45, 7) is 2.18. The van der Waals surface area contributed by atoms with Crippen molar-refractivity contribution in [3.05, 3.63) is 0 Å². The molecule has 0 bridgehead atoms. The monoisotopic (exact) mass is 263 g/mol. The van der Waals surface area contributed by atoms with Crippen molar-refractivity contribution in [2.75, 3.05) is 20.2 Å². The third-order valence-electron chi connectivity index (χ3n) is 5.02. The second-order valence-electron chi connectivity index (χ2n) is 6.50. The van der Waals surface area contributed by atoms with Crippen LogP contribution < -0.4 is 5.32 Å². The summed E-state index contributed by atoms with van der Waals surface area (Å²) >= 11 is 0. The molecule has 0 amide bonds. The average Bonchev–Trinajstić information content (AvgIpc) is 3.11. The van der Waals surface area contributed by atoms with Gasteiger partial charge in [0.1, 0.15) is 5.54 Å². The Kier molecular flexibility index (Phi) is 3.79. The number of nitriles is 1. The zero-order chi connectivity index (χ0) is 13.3. The lowest BCUT2D eigenvalue weighted by Crippen LogP contribution is -2.53. The van der Waals surface area contributed by atoms with E-state index >= 15 is 0 Å². The van der Waals surface area contributed by atoms with Crippen molar-refractivity contribution in [3.8, 4) is 6.07 Å². The van der Waals surface area contributed by atoms with E-state index in [-0.39, 0.29) is 5.54 Å². The third-order valence-corrected chi connectivity index (χ3v) is 5.02. The Morgan fingerprint density at radius 3 is 2.79 bits per heavy atom. The van der Waals surface area contributed by atoms with E-state index in [0.717, 1.165) is 32.4 Å². The molecule has 1 heterocycles. The smallest absolute Gasteiger partial charge is 0.108 e. The Morgan fingerprint density at radius 1 is 1.32 bits per heavy atom. The van der Waals surface area contributed by atoms with E-state index in [4.69, 9.17) is 4.74 Å². The number of methoxy groups -OCH3 is 1. The van der Waals surface area contributed by atoms with Crippen molar-refractivity contribution in [2.45, 2.75) is 68.7 Å². The molecule has 0 radical (unpaired) electrons. The number of nitrogens with one attached hydrogen (secondary N) is 1. The van der Waals surface area contributed by atoms with Gasteiger partial charge in [0.05, 0.1) is 12.2 Å². The van der Waals surface area contributed by atoms with Gasteiger partial charge in [0, 0.05) is 32.3 Å². The van der Waals surface area contributed by atoms with Gasteiger partial charge in [-0.25, -0.2) is 0 Å². The average molecular weight is 263 g/mol. The summed E-state index contributed by atoms with van der Waals surface area (Å²) in [6.07, 6.45) is 8.48. The molecule has 3 fully saturated rings. The molecular weight excluding hydrogens is 238 g/mol. The van der Waals surface area contributed by atoms with Gasteiger partial charge < -0.3 is 4.74 Å². The van der Waals surface area contributed by atoms with Crippen molar-refractivity contribution >= 4 is 0 Å². The molecule has 2 saturated carbocycles. The lowest BCUT2D eigenvalue weighted by atomic mass is 9.79. The maximum absolute atomic E-state index is 9.62. The van der Waals surface area contributed by atoms with Gasteiger partial charge in [-0.3, -0.25) is 10.2 Å². The van der Waals surface area contributed by atoms with Crippen molar-refractivity contribution in [3.63, 3.8) is 0 Å². The van der Waals surface area contributed by atoms with Crippen LogP contribution >= 0.6 is 0 Å². The van der Waals surface area contributed by atoms with Gasteiger partial charge in [0.2, 0.25) is 0 Å². The van der Waals surface area contributed by atoms with E-state index in [2.05, 4.69) is 16.3 Å². The predicted octanol–water partition coefficient (Wildman–Crippen LogP) is 1.66. The van der Waals surface area contributed by atoms with Crippen LogP contribution in [0.25, 0.3) is 0 Å². The first kappa shape index (κ1) is 13.4. The minimum Gasteiger partial charge on any atom is -0.380 e. The van der Waals surface area contributed by atoms with E-state index in [9.17, 15) is 5.26 Å². The van der Waals surface area contributed by atoms with E-state index in [1.54, 1.807) is 0 Å². The van der Waals surface area contributed by atoms with Gasteiger partial charge in [-0.2, -0.15) is 5.26 Å². The number of likely N-dealkylation sites (tertiary alicyclic amines) is 1. The third kappa shape index (κ3) is 2.94. The molecule has 0 aromatic carbocycles. The molecule has 3 rings (SSSR count). The summed E-state index contributed by atoms with van der Waals surface area (Å²) < 4.78 is 5.46. The van der Waals surface area contributed by atoms with Gasteiger partial charge in [-0.1, -0.05) is 0 Å². The standard InChI is InChI=1S/C15H25N3O/c1-19-14-6-8-18(10-14)13-3-2-7-15(9-13,11-16)17-12-4-5-12/h12-14,17H,2-10H2,1H3. The summed E-state index contributed by atoms with van der Waals surface area (Å²) in [5.41, 5.74) is -0.255. The molecule has 3 aliphatic rings. The van der Waals surface area contributed by atoms with Gasteiger partial charge in [0.15, 0.2) is 0 Å². The van der Waals surface area contributed by atoms with Crippen molar-refractivity contribution in [2.24, 2.45) is 0 Å². The lowest BCUT2D eigenvalue weighted by Gasteiger charge is -2.40. The second kappa shape index (κ2) is 5.40. The first-order valence-corrected chi connectivity index (χ1v) is 7.70. The maximum Gasteiger partial charge on any atom is 0.108 e. The van der Waals surface area contributed by atoms with E-state index in [1.165, 1.54) is 25.7 Å². The second-order valence-corrected chi connectivity index (χ2v) is 6.50. The quantitative estimate of drug-likeness (QED) is 0.838. The maximum atomic E-state index is 9.62. The summed E-state index contributed by atoms with van der Waals surface area (Å²) in [5.74, 6) is 0. The number of hydrogen-bond donors (Lipinski definition) is 1. The summed E-state index contributed by atoms with van der Waals surface area (Å²) in [5, 5.41) is 13.2. The van der Waals surface area contributed by atoms with E-state index in [1.807, 2.05) is 7.11 Å². The molecule has 0 aromatic heterocycles. The van der Waals surface area contributed by atoms with Crippen LogP contribution in [0.3, 0.4) is 0 Å². The van der Waals surface area contributed by atoms with Crippen LogP contribution in [0.2, 0.25) is 0 Å². The number of hydrogen-bond acceptors (Lipinski definition) is 4. The highest BCUT2D eigenvalue weighted by Gasteiger charge is 2.42. The van der Waals surface area contributed by atoms with Crippen LogP contribution in [0.5, 0.6) is 0 Å². The van der Waals surface area contributed by atoms with Crippen molar-refractivity contribution < 1.29 is 4.74 Å². The van der Waals surface area contributed by atoms with Gasteiger partial charge in [-0.05, 0) is 44.9 Å².